The molecule has 1 nitrogen and oxygen atoms in total. The highest BCUT2D eigenvalue weighted by Gasteiger charge is 2.22. The Morgan fingerprint density at radius 2 is 1.08 bits per heavy atom. The fourth-order valence-electron chi connectivity index (χ4n) is 2.57. The van der Waals surface area contributed by atoms with Gasteiger partial charge in [0.15, 0.2) is 5.78 Å². The van der Waals surface area contributed by atoms with Crippen LogP contribution in [-0.4, -0.2) is 16.3 Å². The molecule has 2 aromatic rings. The van der Waals surface area contributed by atoms with Crippen molar-refractivity contribution in [2.24, 2.45) is 0 Å². The molecule has 0 spiro atoms. The van der Waals surface area contributed by atoms with Crippen LogP contribution < -0.4 is 0 Å². The lowest BCUT2D eigenvalue weighted by Crippen LogP contribution is -2.01. The molecule has 2 aromatic carbocycles. The zero-order valence-corrected chi connectivity index (χ0v) is 15.4. The Kier molecular flexibility index (Phi) is 5.00. The van der Waals surface area contributed by atoms with Crippen molar-refractivity contribution in [3.8, 4) is 0 Å². The van der Waals surface area contributed by atoms with E-state index in [0.717, 1.165) is 33.1 Å². The van der Waals surface area contributed by atoms with Gasteiger partial charge in [-0.2, -0.15) is 23.5 Å². The second kappa shape index (κ2) is 7.37. The number of rotatable bonds is 8. The Morgan fingerprint density at radius 1 is 0.708 bits per heavy atom. The first-order chi connectivity index (χ1) is 11.8. The van der Waals surface area contributed by atoms with Crippen LogP contribution in [0.5, 0.6) is 0 Å². The number of hydrogen-bond donors (Lipinski definition) is 0. The second-order valence-corrected chi connectivity index (χ2v) is 9.32. The summed E-state index contributed by atoms with van der Waals surface area (Å²) in [6.45, 7) is 0. The first-order valence-electron chi connectivity index (χ1n) is 8.74. The first-order valence-corrected chi connectivity index (χ1v) is 10.8. The monoisotopic (exact) mass is 354 g/mol. The molecule has 2 fully saturated rings. The highest BCUT2D eigenvalue weighted by molar-refractivity contribution is 7.99. The maximum absolute atomic E-state index is 12.6. The Hall–Kier alpha value is -1.19. The van der Waals surface area contributed by atoms with Gasteiger partial charge in [-0.15, -0.1) is 0 Å². The number of ketones is 1. The molecular weight excluding hydrogens is 332 g/mol. The largest absolute Gasteiger partial charge is 0.289 e. The molecule has 24 heavy (non-hydrogen) atoms. The molecule has 2 aliphatic rings. The molecule has 0 atom stereocenters. The fraction of sp³-hybridized carbons (Fsp3) is 0.381. The van der Waals surface area contributed by atoms with Gasteiger partial charge in [0.2, 0.25) is 0 Å². The lowest BCUT2D eigenvalue weighted by atomic mass is 10.0. The Labute approximate surface area is 152 Å². The summed E-state index contributed by atoms with van der Waals surface area (Å²) in [6.07, 6.45) is 5.49. The molecule has 0 heterocycles. The maximum Gasteiger partial charge on any atom is 0.193 e. The van der Waals surface area contributed by atoms with E-state index >= 15 is 0 Å². The van der Waals surface area contributed by atoms with Crippen LogP contribution in [0.2, 0.25) is 0 Å². The molecule has 3 heteroatoms. The molecule has 0 amide bonds. The molecule has 0 N–H and O–H groups in total. The normalized spacial score (nSPS) is 17.0. The van der Waals surface area contributed by atoms with E-state index in [0.29, 0.717) is 0 Å². The van der Waals surface area contributed by atoms with Gasteiger partial charge in [0.05, 0.1) is 0 Å². The van der Waals surface area contributed by atoms with Crippen molar-refractivity contribution in [3.63, 3.8) is 0 Å². The topological polar surface area (TPSA) is 17.1 Å². The molecule has 0 radical (unpaired) electrons. The lowest BCUT2D eigenvalue weighted by molar-refractivity contribution is 0.103. The van der Waals surface area contributed by atoms with Crippen LogP contribution in [0.4, 0.5) is 0 Å². The minimum atomic E-state index is 0.123. The highest BCUT2D eigenvalue weighted by atomic mass is 32.2. The number of benzene rings is 2. The van der Waals surface area contributed by atoms with Gasteiger partial charge >= 0.3 is 0 Å². The quantitative estimate of drug-likeness (QED) is 0.565. The minimum Gasteiger partial charge on any atom is -0.289 e. The number of hydrogen-bond acceptors (Lipinski definition) is 3. The SMILES string of the molecule is O=C(c1ccc(CSC2CC2)cc1)c1ccc(CSC2CC2)cc1. The molecule has 124 valence electrons. The molecule has 2 aliphatic carbocycles. The van der Waals surface area contributed by atoms with E-state index in [9.17, 15) is 4.79 Å². The van der Waals surface area contributed by atoms with Crippen LogP contribution in [0, 0.1) is 0 Å². The number of carbonyl (C=O) groups is 1. The van der Waals surface area contributed by atoms with Crippen molar-refractivity contribution in [3.05, 3.63) is 70.8 Å². The zero-order chi connectivity index (χ0) is 16.4. The van der Waals surface area contributed by atoms with Gasteiger partial charge < -0.3 is 0 Å². The lowest BCUT2D eigenvalue weighted by Gasteiger charge is -2.05. The number of thioether (sulfide) groups is 2. The average Bonchev–Trinajstić information content (AvgIpc) is 3.53. The number of carbonyl (C=O) groups excluding carboxylic acids is 1. The smallest absolute Gasteiger partial charge is 0.193 e. The van der Waals surface area contributed by atoms with Crippen LogP contribution in [-0.2, 0) is 11.5 Å². The van der Waals surface area contributed by atoms with E-state index in [1.54, 1.807) is 0 Å². The van der Waals surface area contributed by atoms with E-state index in [-0.39, 0.29) is 5.78 Å². The summed E-state index contributed by atoms with van der Waals surface area (Å²) in [6, 6.07) is 16.3. The van der Waals surface area contributed by atoms with Gasteiger partial charge in [0.1, 0.15) is 0 Å². The van der Waals surface area contributed by atoms with Gasteiger partial charge in [-0.1, -0.05) is 48.5 Å². The van der Waals surface area contributed by atoms with Crippen LogP contribution in [0.1, 0.15) is 52.7 Å². The van der Waals surface area contributed by atoms with Crippen molar-refractivity contribution in [2.45, 2.75) is 47.7 Å². The second-order valence-electron chi connectivity index (χ2n) is 6.74. The standard InChI is InChI=1S/C21H22OS2/c22-21(17-5-1-15(2-6-17)13-23-19-9-10-19)18-7-3-16(4-8-18)14-24-20-11-12-20/h1-8,19-20H,9-14H2. The van der Waals surface area contributed by atoms with Crippen molar-refractivity contribution in [1.82, 2.24) is 0 Å². The van der Waals surface area contributed by atoms with Gasteiger partial charge in [-0.05, 0) is 36.8 Å². The first kappa shape index (κ1) is 16.3. The van der Waals surface area contributed by atoms with E-state index in [4.69, 9.17) is 0 Å². The van der Waals surface area contributed by atoms with Crippen LogP contribution >= 0.6 is 23.5 Å². The summed E-state index contributed by atoms with van der Waals surface area (Å²) in [5, 5.41) is 1.76. The summed E-state index contributed by atoms with van der Waals surface area (Å²) >= 11 is 4.06. The highest BCUT2D eigenvalue weighted by Crippen LogP contribution is 2.36. The Balaban J connectivity index is 1.36. The van der Waals surface area contributed by atoms with Crippen LogP contribution in [0.15, 0.2) is 48.5 Å². The molecule has 0 saturated heterocycles. The van der Waals surface area contributed by atoms with Crippen LogP contribution in [0.3, 0.4) is 0 Å². The van der Waals surface area contributed by atoms with Gasteiger partial charge in [-0.3, -0.25) is 4.79 Å². The molecule has 4 rings (SSSR count). The van der Waals surface area contributed by atoms with E-state index in [2.05, 4.69) is 24.3 Å². The van der Waals surface area contributed by atoms with E-state index in [1.165, 1.54) is 36.8 Å². The predicted octanol–water partition coefficient (Wildman–Crippen LogP) is 5.71. The molecule has 0 aliphatic heterocycles. The third-order valence-electron chi connectivity index (χ3n) is 4.45. The maximum atomic E-state index is 12.6. The summed E-state index contributed by atoms with van der Waals surface area (Å²) < 4.78 is 0. The molecule has 0 aromatic heterocycles. The van der Waals surface area contributed by atoms with E-state index < -0.39 is 0 Å². The van der Waals surface area contributed by atoms with Crippen molar-refractivity contribution in [1.29, 1.82) is 0 Å². The van der Waals surface area contributed by atoms with Gasteiger partial charge in [0.25, 0.3) is 0 Å². The third-order valence-corrected chi connectivity index (χ3v) is 7.34. The summed E-state index contributed by atoms with van der Waals surface area (Å²) in [4.78, 5) is 12.6. The third kappa shape index (κ3) is 4.46. The Morgan fingerprint density at radius 3 is 1.42 bits per heavy atom. The molecule has 0 unspecified atom stereocenters. The predicted molar refractivity (Wildman–Crippen MR) is 105 cm³/mol. The van der Waals surface area contributed by atoms with Gasteiger partial charge in [0, 0.05) is 33.1 Å². The van der Waals surface area contributed by atoms with Crippen molar-refractivity contribution in [2.75, 3.05) is 0 Å². The summed E-state index contributed by atoms with van der Waals surface area (Å²) in [5.74, 6) is 2.25. The van der Waals surface area contributed by atoms with Crippen molar-refractivity contribution < 1.29 is 4.79 Å². The zero-order valence-electron chi connectivity index (χ0n) is 13.7. The minimum absolute atomic E-state index is 0.123. The summed E-state index contributed by atoms with van der Waals surface area (Å²) in [5.41, 5.74) is 4.21. The average molecular weight is 355 g/mol. The molecule has 2 saturated carbocycles. The van der Waals surface area contributed by atoms with E-state index in [1.807, 2.05) is 47.8 Å². The van der Waals surface area contributed by atoms with Gasteiger partial charge in [-0.25, -0.2) is 0 Å². The Bertz CT molecular complexity index is 636. The van der Waals surface area contributed by atoms with Crippen LogP contribution in [0.25, 0.3) is 0 Å². The summed E-state index contributed by atoms with van der Waals surface area (Å²) in [7, 11) is 0. The fourth-order valence-corrected chi connectivity index (χ4v) is 4.75. The molecule has 0 bridgehead atoms. The molecular formula is C21H22OS2. The van der Waals surface area contributed by atoms with Crippen molar-refractivity contribution >= 4 is 29.3 Å².